The van der Waals surface area contributed by atoms with Crippen LogP contribution in [0.5, 0.6) is 0 Å². The Morgan fingerprint density at radius 3 is 2.00 bits per heavy atom. The SMILES string of the molecule is [C-]#[N+]c1cc2c3c(cc(C#N)c4c3c1S(=O)(=O)c1ccc(C#N)cc1-4)C(=O)N(c1c(C(C)C)cccc1C(C)C)C2=O. The molecule has 0 atom stereocenters. The summed E-state index contributed by atoms with van der Waals surface area (Å²) in [5.74, 6) is -1.44. The Morgan fingerprint density at radius 1 is 0.833 bits per heavy atom. The lowest BCUT2D eigenvalue weighted by molar-refractivity contribution is 0.0892. The van der Waals surface area contributed by atoms with E-state index in [0.717, 1.165) is 16.0 Å². The van der Waals surface area contributed by atoms with Crippen LogP contribution in [-0.4, -0.2) is 20.2 Å². The Kier molecular flexibility index (Phi) is 5.83. The second-order valence-corrected chi connectivity index (χ2v) is 12.8. The average molecular weight is 571 g/mol. The molecular formula is C33H22N4O4S. The number of hydrogen-bond acceptors (Lipinski definition) is 6. The van der Waals surface area contributed by atoms with Crippen molar-refractivity contribution in [1.29, 1.82) is 10.5 Å². The maximum Gasteiger partial charge on any atom is 0.266 e. The monoisotopic (exact) mass is 570 g/mol. The summed E-state index contributed by atoms with van der Waals surface area (Å²) in [7, 11) is -4.32. The van der Waals surface area contributed by atoms with Crippen molar-refractivity contribution in [3.8, 4) is 23.3 Å². The van der Waals surface area contributed by atoms with E-state index in [1.54, 1.807) is 0 Å². The summed E-state index contributed by atoms with van der Waals surface area (Å²) in [4.78, 5) is 32.9. The van der Waals surface area contributed by atoms with E-state index in [1.165, 1.54) is 30.3 Å². The number of carbonyl (C=O) groups is 2. The van der Waals surface area contributed by atoms with Crippen LogP contribution in [0.4, 0.5) is 11.4 Å². The molecule has 0 saturated heterocycles. The van der Waals surface area contributed by atoms with Gasteiger partial charge in [-0.25, -0.2) is 18.2 Å². The minimum Gasteiger partial charge on any atom is -0.268 e. The van der Waals surface area contributed by atoms with Gasteiger partial charge in [0.05, 0.1) is 50.9 Å². The molecule has 4 aromatic rings. The van der Waals surface area contributed by atoms with Crippen LogP contribution in [0.2, 0.25) is 0 Å². The van der Waals surface area contributed by atoms with E-state index in [9.17, 15) is 28.5 Å². The molecule has 0 bridgehead atoms. The molecular weight excluding hydrogens is 548 g/mol. The number of nitrogens with zero attached hydrogens (tertiary/aromatic N) is 4. The zero-order valence-corrected chi connectivity index (χ0v) is 23.9. The van der Waals surface area contributed by atoms with Crippen LogP contribution in [-0.2, 0) is 9.84 Å². The third-order valence-corrected chi connectivity index (χ3v) is 9.83. The van der Waals surface area contributed by atoms with E-state index in [2.05, 4.69) is 10.9 Å². The fourth-order valence-corrected chi connectivity index (χ4v) is 7.87. The molecule has 8 nitrogen and oxygen atoms in total. The zero-order valence-electron chi connectivity index (χ0n) is 23.1. The van der Waals surface area contributed by atoms with Crippen LogP contribution in [0.3, 0.4) is 0 Å². The molecule has 2 heterocycles. The summed E-state index contributed by atoms with van der Waals surface area (Å²) in [5, 5.41) is 19.9. The number of nitriles is 2. The van der Waals surface area contributed by atoms with Crippen molar-refractivity contribution >= 4 is 43.8 Å². The van der Waals surface area contributed by atoms with Gasteiger partial charge >= 0.3 is 0 Å². The molecule has 4 aromatic carbocycles. The van der Waals surface area contributed by atoms with Crippen LogP contribution in [0.1, 0.15) is 82.5 Å². The highest BCUT2D eigenvalue weighted by Crippen LogP contribution is 2.53. The summed E-state index contributed by atoms with van der Waals surface area (Å²) in [5.41, 5.74) is 2.21. The molecule has 0 fully saturated rings. The van der Waals surface area contributed by atoms with Gasteiger partial charge in [0.15, 0.2) is 9.84 Å². The third kappa shape index (κ3) is 3.40. The highest BCUT2D eigenvalue weighted by molar-refractivity contribution is 7.92. The molecule has 42 heavy (non-hydrogen) atoms. The van der Waals surface area contributed by atoms with Gasteiger partial charge in [0, 0.05) is 27.5 Å². The number of anilines is 1. The second-order valence-electron chi connectivity index (χ2n) is 11.0. The molecule has 0 aliphatic carbocycles. The second kappa shape index (κ2) is 9.11. The van der Waals surface area contributed by atoms with Gasteiger partial charge in [-0.05, 0) is 53.3 Å². The molecule has 2 aliphatic heterocycles. The third-order valence-electron chi connectivity index (χ3n) is 7.95. The van der Waals surface area contributed by atoms with Crippen LogP contribution >= 0.6 is 0 Å². The van der Waals surface area contributed by atoms with Crippen molar-refractivity contribution in [2.24, 2.45) is 0 Å². The highest BCUT2D eigenvalue weighted by atomic mass is 32.2. The normalized spacial score (nSPS) is 14.5. The van der Waals surface area contributed by atoms with Crippen molar-refractivity contribution in [2.75, 3.05) is 4.90 Å². The van der Waals surface area contributed by atoms with Crippen molar-refractivity contribution in [3.05, 3.63) is 93.3 Å². The summed E-state index contributed by atoms with van der Waals surface area (Å²) in [6.07, 6.45) is 0. The molecule has 0 N–H and O–H groups in total. The van der Waals surface area contributed by atoms with Crippen molar-refractivity contribution in [1.82, 2.24) is 0 Å². The number of hydrogen-bond donors (Lipinski definition) is 0. The number of fused-ring (bicyclic) bond motifs is 2. The Morgan fingerprint density at radius 2 is 1.45 bits per heavy atom. The van der Waals surface area contributed by atoms with E-state index in [0.29, 0.717) is 5.69 Å². The molecule has 0 aromatic heterocycles. The topological polar surface area (TPSA) is 123 Å². The van der Waals surface area contributed by atoms with Crippen molar-refractivity contribution in [3.63, 3.8) is 0 Å². The number of rotatable bonds is 3. The lowest BCUT2D eigenvalue weighted by atomic mass is 9.84. The molecule has 0 unspecified atom stereocenters. The van der Waals surface area contributed by atoms with E-state index in [-0.39, 0.29) is 71.5 Å². The standard InChI is InChI=1S/C33H22N4O4S/c1-16(2)20-7-6-8-21(17(3)4)30(20)37-32(38)23-12-19(15-35)27-22-11-18(14-34)9-10-26(22)42(40,41)31-25(36-5)13-24(33(37)39)28(23)29(27)31/h6-13,16-17H,1-4H3. The predicted molar refractivity (Wildman–Crippen MR) is 156 cm³/mol. The first-order valence-corrected chi connectivity index (χ1v) is 14.7. The van der Waals surface area contributed by atoms with Crippen LogP contribution in [0.25, 0.3) is 26.7 Å². The first-order valence-electron chi connectivity index (χ1n) is 13.2. The van der Waals surface area contributed by atoms with Gasteiger partial charge in [-0.2, -0.15) is 10.5 Å². The average Bonchev–Trinajstić information content (AvgIpc) is 2.97. The number of carbonyl (C=O) groups excluding carboxylic acids is 2. The Hall–Kier alpha value is -5.30. The maximum atomic E-state index is 14.4. The Labute approximate surface area is 242 Å². The first-order chi connectivity index (χ1) is 20.0. The molecule has 2 amide bonds. The first kappa shape index (κ1) is 26.9. The Balaban J connectivity index is 1.80. The lowest BCUT2D eigenvalue weighted by Crippen LogP contribution is -2.42. The smallest absolute Gasteiger partial charge is 0.266 e. The van der Waals surface area contributed by atoms with Gasteiger partial charge in [0.1, 0.15) is 0 Å². The zero-order chi connectivity index (χ0) is 30.2. The summed E-state index contributed by atoms with van der Waals surface area (Å²) in [6.45, 7) is 15.7. The number of para-hydroxylation sites is 1. The van der Waals surface area contributed by atoms with E-state index >= 15 is 0 Å². The van der Waals surface area contributed by atoms with Crippen LogP contribution < -0.4 is 4.90 Å². The van der Waals surface area contributed by atoms with Crippen molar-refractivity contribution in [2.45, 2.75) is 49.3 Å². The minimum absolute atomic E-state index is 0.000957. The van der Waals surface area contributed by atoms with Gasteiger partial charge in [-0.3, -0.25) is 9.59 Å². The van der Waals surface area contributed by atoms with Gasteiger partial charge in [-0.1, -0.05) is 45.9 Å². The van der Waals surface area contributed by atoms with Crippen LogP contribution in [0.15, 0.2) is 58.3 Å². The number of benzene rings is 4. The predicted octanol–water partition coefficient (Wildman–Crippen LogP) is 6.99. The summed E-state index contributed by atoms with van der Waals surface area (Å²) >= 11 is 0. The summed E-state index contributed by atoms with van der Waals surface area (Å²) < 4.78 is 28.0. The van der Waals surface area contributed by atoms with E-state index in [4.69, 9.17) is 6.57 Å². The molecule has 6 rings (SSSR count). The highest BCUT2D eigenvalue weighted by Gasteiger charge is 2.43. The van der Waals surface area contributed by atoms with Gasteiger partial charge < -0.3 is 0 Å². The Bertz CT molecular complexity index is 2140. The molecule has 0 spiro atoms. The maximum absolute atomic E-state index is 14.4. The van der Waals surface area contributed by atoms with E-state index < -0.39 is 21.7 Å². The molecule has 204 valence electrons. The molecule has 2 aliphatic rings. The quantitative estimate of drug-likeness (QED) is 0.170. The molecule has 0 radical (unpaired) electrons. The fourth-order valence-electron chi connectivity index (χ4n) is 6.10. The van der Waals surface area contributed by atoms with Crippen molar-refractivity contribution < 1.29 is 18.0 Å². The number of sulfone groups is 1. The van der Waals surface area contributed by atoms with Gasteiger partial charge in [-0.15, -0.1) is 0 Å². The molecule has 0 saturated carbocycles. The van der Waals surface area contributed by atoms with Gasteiger partial charge in [0.2, 0.25) is 5.69 Å². The summed E-state index contributed by atoms with van der Waals surface area (Å²) in [6, 6.07) is 16.4. The number of amides is 2. The fraction of sp³-hybridized carbons (Fsp3) is 0.182. The van der Waals surface area contributed by atoms with Gasteiger partial charge in [0.25, 0.3) is 11.8 Å². The minimum atomic E-state index is -4.32. The lowest BCUT2D eigenvalue weighted by Gasteiger charge is -2.34. The number of imide groups is 1. The van der Waals surface area contributed by atoms with E-state index in [1.807, 2.05) is 52.0 Å². The molecule has 9 heteroatoms. The van der Waals surface area contributed by atoms with Crippen LogP contribution in [0, 0.1) is 29.2 Å². The largest absolute Gasteiger partial charge is 0.268 e.